The van der Waals surface area contributed by atoms with Crippen LogP contribution in [0.5, 0.6) is 0 Å². The summed E-state index contributed by atoms with van der Waals surface area (Å²) >= 11 is 1.69. The average Bonchev–Trinajstić information content (AvgIpc) is 2.97. The van der Waals surface area contributed by atoms with Crippen molar-refractivity contribution in [3.8, 4) is 0 Å². The molecule has 3 N–H and O–H groups in total. The number of nitrogen functional groups attached to an aromatic ring is 1. The monoisotopic (exact) mass is 277 g/mol. The SMILES string of the molecule is CN(CCc1cccs1)C(=O)c1cncc(NN)n1. The molecule has 0 aliphatic rings. The minimum absolute atomic E-state index is 0.166. The summed E-state index contributed by atoms with van der Waals surface area (Å²) in [7, 11) is 1.75. The molecule has 0 aliphatic heterocycles. The lowest BCUT2D eigenvalue weighted by Gasteiger charge is -2.16. The van der Waals surface area contributed by atoms with Crippen LogP contribution in [0.2, 0.25) is 0 Å². The Hall–Kier alpha value is -1.99. The molecule has 0 unspecified atom stereocenters. The molecule has 0 fully saturated rings. The third-order valence-electron chi connectivity index (χ3n) is 2.62. The van der Waals surface area contributed by atoms with Gasteiger partial charge in [0.05, 0.1) is 12.4 Å². The predicted molar refractivity (Wildman–Crippen MR) is 74.8 cm³/mol. The highest BCUT2D eigenvalue weighted by Gasteiger charge is 2.14. The van der Waals surface area contributed by atoms with Crippen molar-refractivity contribution in [1.29, 1.82) is 0 Å². The van der Waals surface area contributed by atoms with Crippen LogP contribution in [0.25, 0.3) is 0 Å². The van der Waals surface area contributed by atoms with Gasteiger partial charge in [0.1, 0.15) is 5.69 Å². The quantitative estimate of drug-likeness (QED) is 0.632. The molecule has 0 aromatic carbocycles. The number of aromatic nitrogens is 2. The van der Waals surface area contributed by atoms with Crippen molar-refractivity contribution < 1.29 is 4.79 Å². The van der Waals surface area contributed by atoms with Crippen LogP contribution in [-0.2, 0) is 6.42 Å². The predicted octanol–water partition coefficient (Wildman–Crippen LogP) is 1.14. The summed E-state index contributed by atoms with van der Waals surface area (Å²) in [5.74, 6) is 5.45. The smallest absolute Gasteiger partial charge is 0.273 e. The Morgan fingerprint density at radius 2 is 2.37 bits per heavy atom. The number of carbonyl (C=O) groups is 1. The zero-order chi connectivity index (χ0) is 13.7. The Balaban J connectivity index is 1.97. The molecule has 2 heterocycles. The molecule has 0 bridgehead atoms. The van der Waals surface area contributed by atoms with Crippen LogP contribution in [-0.4, -0.2) is 34.4 Å². The summed E-state index contributed by atoms with van der Waals surface area (Å²) in [6.07, 6.45) is 3.73. The molecule has 0 spiro atoms. The lowest BCUT2D eigenvalue weighted by molar-refractivity contribution is 0.0791. The number of nitrogens with two attached hydrogens (primary N) is 1. The second kappa shape index (κ2) is 6.26. The number of hydrogen-bond acceptors (Lipinski definition) is 6. The summed E-state index contributed by atoms with van der Waals surface area (Å²) in [5.41, 5.74) is 2.65. The lowest BCUT2D eigenvalue weighted by Crippen LogP contribution is -2.29. The fourth-order valence-corrected chi connectivity index (χ4v) is 2.27. The molecular formula is C12H15N5OS. The van der Waals surface area contributed by atoms with Crippen LogP contribution in [0.1, 0.15) is 15.4 Å². The van der Waals surface area contributed by atoms with E-state index in [1.165, 1.54) is 17.3 Å². The highest BCUT2D eigenvalue weighted by molar-refractivity contribution is 7.09. The number of hydrazine groups is 1. The maximum absolute atomic E-state index is 12.1. The van der Waals surface area contributed by atoms with Crippen molar-refractivity contribution in [3.05, 3.63) is 40.5 Å². The Labute approximate surface area is 115 Å². The van der Waals surface area contributed by atoms with Crippen molar-refractivity contribution in [2.24, 2.45) is 5.84 Å². The first-order valence-corrected chi connectivity index (χ1v) is 6.65. The van der Waals surface area contributed by atoms with Crippen LogP contribution in [0.15, 0.2) is 29.9 Å². The van der Waals surface area contributed by atoms with Crippen molar-refractivity contribution in [2.45, 2.75) is 6.42 Å². The van der Waals surface area contributed by atoms with Crippen LogP contribution >= 0.6 is 11.3 Å². The van der Waals surface area contributed by atoms with Crippen molar-refractivity contribution in [2.75, 3.05) is 19.0 Å². The molecule has 0 aliphatic carbocycles. The lowest BCUT2D eigenvalue weighted by atomic mass is 10.3. The van der Waals surface area contributed by atoms with Gasteiger partial charge < -0.3 is 10.3 Å². The van der Waals surface area contributed by atoms with Gasteiger partial charge in [-0.25, -0.2) is 10.8 Å². The minimum Gasteiger partial charge on any atom is -0.340 e. The van der Waals surface area contributed by atoms with Crippen LogP contribution in [0, 0.1) is 0 Å². The molecule has 19 heavy (non-hydrogen) atoms. The summed E-state index contributed by atoms with van der Waals surface area (Å²) in [5, 5.41) is 2.03. The number of anilines is 1. The number of nitrogens with zero attached hydrogens (tertiary/aromatic N) is 3. The van der Waals surface area contributed by atoms with Gasteiger partial charge in [-0.3, -0.25) is 9.78 Å². The van der Waals surface area contributed by atoms with E-state index < -0.39 is 0 Å². The molecule has 0 radical (unpaired) electrons. The fraction of sp³-hybridized carbons (Fsp3) is 0.250. The van der Waals surface area contributed by atoms with Gasteiger partial charge in [-0.05, 0) is 17.9 Å². The number of thiophene rings is 1. The molecule has 7 heteroatoms. The van der Waals surface area contributed by atoms with E-state index in [4.69, 9.17) is 5.84 Å². The van der Waals surface area contributed by atoms with Crippen LogP contribution in [0.4, 0.5) is 5.82 Å². The third kappa shape index (κ3) is 3.49. The van der Waals surface area contributed by atoms with Gasteiger partial charge in [0.15, 0.2) is 5.82 Å². The van der Waals surface area contributed by atoms with Gasteiger partial charge in [-0.1, -0.05) is 6.07 Å². The normalized spacial score (nSPS) is 10.2. The molecule has 0 saturated carbocycles. The Morgan fingerprint density at radius 1 is 1.53 bits per heavy atom. The molecule has 1 amide bonds. The number of rotatable bonds is 5. The third-order valence-corrected chi connectivity index (χ3v) is 3.56. The van der Waals surface area contributed by atoms with Gasteiger partial charge >= 0.3 is 0 Å². The highest BCUT2D eigenvalue weighted by Crippen LogP contribution is 2.10. The van der Waals surface area contributed by atoms with Crippen molar-refractivity contribution >= 4 is 23.1 Å². The molecule has 2 aromatic rings. The van der Waals surface area contributed by atoms with Gasteiger partial charge in [0, 0.05) is 18.5 Å². The largest absolute Gasteiger partial charge is 0.340 e. The number of nitrogens with one attached hydrogen (secondary N) is 1. The zero-order valence-corrected chi connectivity index (χ0v) is 11.4. The van der Waals surface area contributed by atoms with Crippen LogP contribution < -0.4 is 11.3 Å². The van der Waals surface area contributed by atoms with Gasteiger partial charge in [-0.2, -0.15) is 0 Å². The second-order valence-corrected chi connectivity index (χ2v) is 5.02. The van der Waals surface area contributed by atoms with Gasteiger partial charge in [0.2, 0.25) is 0 Å². The Morgan fingerprint density at radius 3 is 3.05 bits per heavy atom. The minimum atomic E-state index is -0.166. The molecular weight excluding hydrogens is 262 g/mol. The maximum Gasteiger partial charge on any atom is 0.273 e. The molecule has 100 valence electrons. The summed E-state index contributed by atoms with van der Waals surface area (Å²) < 4.78 is 0. The number of amides is 1. The van der Waals surface area contributed by atoms with E-state index in [1.54, 1.807) is 23.3 Å². The zero-order valence-electron chi connectivity index (χ0n) is 10.5. The standard InChI is InChI=1S/C12H15N5OS/c1-17(5-4-9-3-2-6-19-9)12(18)10-7-14-8-11(15-10)16-13/h2-3,6-8H,4-5,13H2,1H3,(H,15,16). The fourth-order valence-electron chi connectivity index (χ4n) is 1.57. The highest BCUT2D eigenvalue weighted by atomic mass is 32.1. The van der Waals surface area contributed by atoms with E-state index in [2.05, 4.69) is 21.5 Å². The number of likely N-dealkylation sites (N-methyl/N-ethyl adjacent to an activating group) is 1. The summed E-state index contributed by atoms with van der Waals surface area (Å²) in [4.78, 5) is 23.0. The number of carbonyl (C=O) groups excluding carboxylic acids is 1. The van der Waals surface area contributed by atoms with Gasteiger partial charge in [-0.15, -0.1) is 11.3 Å². The maximum atomic E-state index is 12.1. The Kier molecular flexibility index (Phi) is 4.43. The van der Waals surface area contributed by atoms with E-state index >= 15 is 0 Å². The van der Waals surface area contributed by atoms with Gasteiger partial charge in [0.25, 0.3) is 5.91 Å². The summed E-state index contributed by atoms with van der Waals surface area (Å²) in [6, 6.07) is 4.06. The molecule has 6 nitrogen and oxygen atoms in total. The molecule has 2 aromatic heterocycles. The first-order valence-electron chi connectivity index (χ1n) is 5.77. The number of hydrogen-bond donors (Lipinski definition) is 2. The van der Waals surface area contributed by atoms with E-state index in [9.17, 15) is 4.79 Å². The summed E-state index contributed by atoms with van der Waals surface area (Å²) in [6.45, 7) is 0.640. The second-order valence-electron chi connectivity index (χ2n) is 3.99. The van der Waals surface area contributed by atoms with E-state index in [0.717, 1.165) is 6.42 Å². The first-order chi connectivity index (χ1) is 9.20. The van der Waals surface area contributed by atoms with Crippen molar-refractivity contribution in [3.63, 3.8) is 0 Å². The Bertz CT molecular complexity index is 543. The molecule has 0 saturated heterocycles. The molecule has 2 rings (SSSR count). The van der Waals surface area contributed by atoms with E-state index in [-0.39, 0.29) is 11.6 Å². The molecule has 0 atom stereocenters. The van der Waals surface area contributed by atoms with E-state index in [1.807, 2.05) is 11.4 Å². The average molecular weight is 277 g/mol. The van der Waals surface area contributed by atoms with E-state index in [0.29, 0.717) is 12.4 Å². The van der Waals surface area contributed by atoms with Crippen molar-refractivity contribution in [1.82, 2.24) is 14.9 Å². The van der Waals surface area contributed by atoms with Crippen LogP contribution in [0.3, 0.4) is 0 Å². The first kappa shape index (κ1) is 13.4. The topological polar surface area (TPSA) is 84.1 Å².